The molecule has 1 aromatic heterocycles. The first kappa shape index (κ1) is 12.6. The van der Waals surface area contributed by atoms with Crippen molar-refractivity contribution in [3.8, 4) is 0 Å². The maximum atomic E-state index is 12.5. The Morgan fingerprint density at radius 2 is 2.15 bits per heavy atom. The van der Waals surface area contributed by atoms with Crippen LogP contribution in [0.2, 0.25) is 0 Å². The van der Waals surface area contributed by atoms with E-state index in [-0.39, 0.29) is 24.1 Å². The monoisotopic (exact) mass is 269 g/mol. The molecule has 5 nitrogen and oxygen atoms in total. The topological polar surface area (TPSA) is 55.2 Å². The van der Waals surface area contributed by atoms with Crippen LogP contribution in [0.4, 0.5) is 5.69 Å². The van der Waals surface area contributed by atoms with Crippen molar-refractivity contribution in [2.24, 2.45) is 0 Å². The molecule has 0 aliphatic carbocycles. The zero-order chi connectivity index (χ0) is 14.1. The van der Waals surface area contributed by atoms with Crippen molar-refractivity contribution in [3.05, 3.63) is 58.8 Å². The predicted molar refractivity (Wildman–Crippen MR) is 75.6 cm³/mol. The van der Waals surface area contributed by atoms with E-state index in [1.54, 1.807) is 4.90 Å². The first-order valence-corrected chi connectivity index (χ1v) is 6.57. The lowest BCUT2D eigenvalue weighted by molar-refractivity contribution is -0.119. The van der Waals surface area contributed by atoms with Gasteiger partial charge in [0.2, 0.25) is 5.91 Å². The van der Waals surface area contributed by atoms with Crippen molar-refractivity contribution in [2.75, 3.05) is 4.90 Å². The van der Waals surface area contributed by atoms with Crippen LogP contribution in [-0.2, 0) is 17.8 Å². The van der Waals surface area contributed by atoms with Crippen LogP contribution in [0.1, 0.15) is 12.5 Å². The summed E-state index contributed by atoms with van der Waals surface area (Å²) in [5.74, 6) is -0.0856. The molecule has 1 aliphatic rings. The Kier molecular flexibility index (Phi) is 3.10. The molecule has 1 unspecified atom stereocenters. The normalized spacial score (nSPS) is 17.1. The Bertz CT molecular complexity index is 708. The highest BCUT2D eigenvalue weighted by Crippen LogP contribution is 2.31. The average molecular weight is 269 g/mol. The van der Waals surface area contributed by atoms with E-state index in [9.17, 15) is 9.59 Å². The molecular weight excluding hydrogens is 254 g/mol. The molecular formula is C15H15N3O2. The minimum Gasteiger partial charge on any atom is -0.307 e. The average Bonchev–Trinajstić information content (AvgIpc) is 2.77. The quantitative estimate of drug-likeness (QED) is 0.823. The molecule has 1 aliphatic heterocycles. The fraction of sp³-hybridized carbons (Fsp3) is 0.267. The summed E-state index contributed by atoms with van der Waals surface area (Å²) < 4.78 is 1.33. The lowest BCUT2D eigenvalue weighted by Gasteiger charge is -2.23. The highest BCUT2D eigenvalue weighted by atomic mass is 16.2. The number of benzene rings is 1. The van der Waals surface area contributed by atoms with Gasteiger partial charge in [0.25, 0.3) is 5.56 Å². The van der Waals surface area contributed by atoms with Crippen LogP contribution in [0.15, 0.2) is 47.7 Å². The third-order valence-electron chi connectivity index (χ3n) is 3.57. The van der Waals surface area contributed by atoms with Crippen LogP contribution in [0, 0.1) is 0 Å². The minimum absolute atomic E-state index is 0.0192. The van der Waals surface area contributed by atoms with Gasteiger partial charge in [-0.05, 0) is 25.0 Å². The van der Waals surface area contributed by atoms with Crippen LogP contribution < -0.4 is 10.5 Å². The van der Waals surface area contributed by atoms with E-state index in [4.69, 9.17) is 0 Å². The van der Waals surface area contributed by atoms with Gasteiger partial charge < -0.3 is 4.90 Å². The van der Waals surface area contributed by atoms with E-state index in [0.717, 1.165) is 12.1 Å². The predicted octanol–water partition coefficient (Wildman–Crippen LogP) is 1.22. The summed E-state index contributed by atoms with van der Waals surface area (Å²) in [4.78, 5) is 29.8. The number of carbonyl (C=O) groups is 1. The summed E-state index contributed by atoms with van der Waals surface area (Å²) in [6.07, 6.45) is 3.67. The number of hydrogen-bond donors (Lipinski definition) is 0. The fourth-order valence-electron chi connectivity index (χ4n) is 2.66. The molecule has 0 saturated heterocycles. The highest BCUT2D eigenvalue weighted by Gasteiger charge is 2.30. The summed E-state index contributed by atoms with van der Waals surface area (Å²) in [5, 5.41) is 0. The fourth-order valence-corrected chi connectivity index (χ4v) is 2.66. The van der Waals surface area contributed by atoms with Crippen molar-refractivity contribution >= 4 is 11.6 Å². The molecule has 5 heteroatoms. The maximum absolute atomic E-state index is 12.5. The number of aromatic nitrogens is 2. The van der Waals surface area contributed by atoms with E-state index >= 15 is 0 Å². The first-order chi connectivity index (χ1) is 9.66. The van der Waals surface area contributed by atoms with Crippen LogP contribution in [0.3, 0.4) is 0 Å². The molecule has 102 valence electrons. The molecule has 2 aromatic rings. The van der Waals surface area contributed by atoms with Crippen molar-refractivity contribution < 1.29 is 4.79 Å². The maximum Gasteiger partial charge on any atom is 0.253 e. The third kappa shape index (κ3) is 2.11. The minimum atomic E-state index is -0.214. The molecule has 20 heavy (non-hydrogen) atoms. The van der Waals surface area contributed by atoms with Gasteiger partial charge in [0.05, 0.1) is 6.33 Å². The molecule has 1 atom stereocenters. The Balaban J connectivity index is 1.88. The molecule has 0 radical (unpaired) electrons. The van der Waals surface area contributed by atoms with Gasteiger partial charge in [0, 0.05) is 24.0 Å². The van der Waals surface area contributed by atoms with Crippen molar-refractivity contribution in [3.63, 3.8) is 0 Å². The van der Waals surface area contributed by atoms with Gasteiger partial charge in [-0.25, -0.2) is 4.98 Å². The van der Waals surface area contributed by atoms with Gasteiger partial charge >= 0.3 is 0 Å². The summed E-state index contributed by atoms with van der Waals surface area (Å²) >= 11 is 0. The smallest absolute Gasteiger partial charge is 0.253 e. The molecule has 2 heterocycles. The Morgan fingerprint density at radius 3 is 2.95 bits per heavy atom. The van der Waals surface area contributed by atoms with E-state index in [1.165, 1.54) is 28.7 Å². The van der Waals surface area contributed by atoms with Gasteiger partial charge in [-0.3, -0.25) is 14.2 Å². The van der Waals surface area contributed by atoms with Crippen molar-refractivity contribution in [1.82, 2.24) is 9.55 Å². The lowest BCUT2D eigenvalue weighted by Crippen LogP contribution is -2.39. The van der Waals surface area contributed by atoms with E-state index in [1.807, 2.05) is 31.2 Å². The summed E-state index contributed by atoms with van der Waals surface area (Å²) in [5.41, 5.74) is 1.90. The third-order valence-corrected chi connectivity index (χ3v) is 3.57. The highest BCUT2D eigenvalue weighted by molar-refractivity contribution is 5.96. The second-order valence-electron chi connectivity index (χ2n) is 4.99. The molecule has 0 N–H and O–H groups in total. The van der Waals surface area contributed by atoms with Crippen LogP contribution in [0.25, 0.3) is 0 Å². The molecule has 0 fully saturated rings. The first-order valence-electron chi connectivity index (χ1n) is 6.57. The lowest BCUT2D eigenvalue weighted by atomic mass is 10.1. The van der Waals surface area contributed by atoms with E-state index < -0.39 is 0 Å². The number of anilines is 1. The van der Waals surface area contributed by atoms with Crippen molar-refractivity contribution in [1.29, 1.82) is 0 Å². The van der Waals surface area contributed by atoms with Gasteiger partial charge in [0.1, 0.15) is 6.54 Å². The molecule has 1 aromatic carbocycles. The largest absolute Gasteiger partial charge is 0.307 e. The Labute approximate surface area is 116 Å². The van der Waals surface area contributed by atoms with Crippen LogP contribution in [0.5, 0.6) is 0 Å². The SMILES string of the molecule is CC1Cc2ccccc2N1C(=O)Cn1cnccc1=O. The zero-order valence-electron chi connectivity index (χ0n) is 11.2. The number of fused-ring (bicyclic) bond motifs is 1. The van der Waals surface area contributed by atoms with Gasteiger partial charge in [-0.15, -0.1) is 0 Å². The number of nitrogens with zero attached hydrogens (tertiary/aromatic N) is 3. The number of rotatable bonds is 2. The number of carbonyl (C=O) groups excluding carboxylic acids is 1. The Morgan fingerprint density at radius 1 is 1.35 bits per heavy atom. The Hall–Kier alpha value is -2.43. The van der Waals surface area contributed by atoms with E-state index in [0.29, 0.717) is 0 Å². The second-order valence-corrected chi connectivity index (χ2v) is 4.99. The molecule has 0 saturated carbocycles. The van der Waals surface area contributed by atoms with Gasteiger partial charge in [0.15, 0.2) is 0 Å². The second kappa shape index (κ2) is 4.92. The van der Waals surface area contributed by atoms with Gasteiger partial charge in [-0.1, -0.05) is 18.2 Å². The standard InChI is InChI=1S/C15H15N3O2/c1-11-8-12-4-2-3-5-13(12)18(11)15(20)9-17-10-16-7-6-14(17)19/h2-7,10-11H,8-9H2,1H3. The number of hydrogen-bond acceptors (Lipinski definition) is 3. The summed E-state index contributed by atoms with van der Waals surface area (Å²) in [6, 6.07) is 9.36. The zero-order valence-corrected chi connectivity index (χ0v) is 11.2. The van der Waals surface area contributed by atoms with Gasteiger partial charge in [-0.2, -0.15) is 0 Å². The molecule has 0 bridgehead atoms. The van der Waals surface area contributed by atoms with Crippen LogP contribution in [-0.4, -0.2) is 21.5 Å². The molecule has 1 amide bonds. The molecule has 0 spiro atoms. The molecule has 3 rings (SSSR count). The summed E-state index contributed by atoms with van der Waals surface area (Å²) in [7, 11) is 0. The summed E-state index contributed by atoms with van der Waals surface area (Å²) in [6.45, 7) is 2.04. The van der Waals surface area contributed by atoms with E-state index in [2.05, 4.69) is 4.98 Å². The van der Waals surface area contributed by atoms with Crippen molar-refractivity contribution in [2.45, 2.75) is 25.9 Å². The number of amides is 1. The van der Waals surface area contributed by atoms with Crippen LogP contribution >= 0.6 is 0 Å². The number of para-hydroxylation sites is 1.